The highest BCUT2D eigenvalue weighted by molar-refractivity contribution is 5.61. The molecule has 1 aromatic rings. The monoisotopic (exact) mass is 206 g/mol. The van der Waals surface area contributed by atoms with Gasteiger partial charge in [-0.25, -0.2) is 4.79 Å². The van der Waals surface area contributed by atoms with Gasteiger partial charge in [0, 0.05) is 0 Å². The molecule has 0 radical (unpaired) electrons. The lowest BCUT2D eigenvalue weighted by atomic mass is 9.96. The van der Waals surface area contributed by atoms with Crippen LogP contribution in [0.25, 0.3) is 0 Å². The van der Waals surface area contributed by atoms with Crippen molar-refractivity contribution in [1.82, 2.24) is 0 Å². The van der Waals surface area contributed by atoms with Crippen molar-refractivity contribution in [3.8, 4) is 0 Å². The van der Waals surface area contributed by atoms with Gasteiger partial charge in [0.25, 0.3) is 0 Å². The van der Waals surface area contributed by atoms with Gasteiger partial charge in [-0.2, -0.15) is 0 Å². The van der Waals surface area contributed by atoms with Crippen LogP contribution in [-0.2, 0) is 15.1 Å². The van der Waals surface area contributed by atoms with Gasteiger partial charge in [-0.05, 0) is 18.6 Å². The lowest BCUT2D eigenvalue weighted by Gasteiger charge is -2.25. The minimum Gasteiger partial charge on any atom is -0.438 e. The van der Waals surface area contributed by atoms with Crippen LogP contribution in [0.1, 0.15) is 12.5 Å². The molecule has 0 aliphatic rings. The lowest BCUT2D eigenvalue weighted by Crippen LogP contribution is -2.26. The summed E-state index contributed by atoms with van der Waals surface area (Å²) in [6.45, 7) is 5.42. The van der Waals surface area contributed by atoms with Crippen LogP contribution in [0.2, 0.25) is 0 Å². The molecule has 0 fully saturated rings. The molecule has 0 saturated carbocycles. The van der Waals surface area contributed by atoms with Crippen LogP contribution in [0.5, 0.6) is 0 Å². The van der Waals surface area contributed by atoms with Gasteiger partial charge in [-0.3, -0.25) is 0 Å². The van der Waals surface area contributed by atoms with Crippen molar-refractivity contribution in [3.05, 3.63) is 48.6 Å². The average molecular weight is 206 g/mol. The molecule has 1 atom stereocenters. The van der Waals surface area contributed by atoms with Gasteiger partial charge in [-0.1, -0.05) is 36.9 Å². The molecule has 0 saturated heterocycles. The fourth-order valence-electron chi connectivity index (χ4n) is 1.20. The molecule has 1 aromatic carbocycles. The Kier molecular flexibility index (Phi) is 3.50. The standard InChI is InChI=1S/C12H14O3/c1-4-12(2,15-11(13)14-3)10-8-6-5-7-9-10/h4-9H,1H2,2-3H3/t12-/m0/s1. The van der Waals surface area contributed by atoms with Crippen molar-refractivity contribution in [2.45, 2.75) is 12.5 Å². The Morgan fingerprint density at radius 1 is 1.40 bits per heavy atom. The van der Waals surface area contributed by atoms with Gasteiger partial charge in [0.1, 0.15) is 0 Å². The highest BCUT2D eigenvalue weighted by atomic mass is 16.7. The van der Waals surface area contributed by atoms with E-state index in [2.05, 4.69) is 11.3 Å². The second-order valence-electron chi connectivity index (χ2n) is 3.23. The summed E-state index contributed by atoms with van der Waals surface area (Å²) in [5, 5.41) is 0. The number of ether oxygens (including phenoxy) is 2. The SMILES string of the molecule is C=C[C@](C)(OC(=O)OC)c1ccccc1. The third-order valence-corrected chi connectivity index (χ3v) is 2.20. The van der Waals surface area contributed by atoms with E-state index in [4.69, 9.17) is 4.74 Å². The molecule has 0 heterocycles. The molecule has 0 N–H and O–H groups in total. The minimum atomic E-state index is -0.853. The highest BCUT2D eigenvalue weighted by Gasteiger charge is 2.27. The fourth-order valence-corrected chi connectivity index (χ4v) is 1.20. The fraction of sp³-hybridized carbons (Fsp3) is 0.250. The van der Waals surface area contributed by atoms with Gasteiger partial charge >= 0.3 is 6.16 Å². The van der Waals surface area contributed by atoms with Crippen LogP contribution in [0.4, 0.5) is 4.79 Å². The third-order valence-electron chi connectivity index (χ3n) is 2.20. The Labute approximate surface area is 89.3 Å². The molecule has 0 amide bonds. The van der Waals surface area contributed by atoms with Gasteiger partial charge in [0.05, 0.1) is 7.11 Å². The first-order chi connectivity index (χ1) is 7.12. The van der Waals surface area contributed by atoms with E-state index in [1.54, 1.807) is 13.0 Å². The van der Waals surface area contributed by atoms with Crippen molar-refractivity contribution in [2.75, 3.05) is 7.11 Å². The molecule has 3 nitrogen and oxygen atoms in total. The Balaban J connectivity index is 2.95. The van der Waals surface area contributed by atoms with E-state index >= 15 is 0 Å². The van der Waals surface area contributed by atoms with Crippen molar-refractivity contribution in [1.29, 1.82) is 0 Å². The van der Waals surface area contributed by atoms with Gasteiger partial charge in [0.15, 0.2) is 5.60 Å². The smallest absolute Gasteiger partial charge is 0.438 e. The number of methoxy groups -OCH3 is 1. The quantitative estimate of drug-likeness (QED) is 0.563. The van der Waals surface area contributed by atoms with Crippen LogP contribution in [0, 0.1) is 0 Å². The predicted octanol–water partition coefficient (Wildman–Crippen LogP) is 2.87. The molecule has 80 valence electrons. The van der Waals surface area contributed by atoms with E-state index < -0.39 is 11.8 Å². The number of rotatable bonds is 3. The number of hydrogen-bond donors (Lipinski definition) is 0. The highest BCUT2D eigenvalue weighted by Crippen LogP contribution is 2.26. The molecule has 3 heteroatoms. The molecule has 0 unspecified atom stereocenters. The Morgan fingerprint density at radius 3 is 2.47 bits per heavy atom. The van der Waals surface area contributed by atoms with Crippen LogP contribution in [0.15, 0.2) is 43.0 Å². The maximum atomic E-state index is 11.1. The molecule has 1 rings (SSSR count). The maximum absolute atomic E-state index is 11.1. The lowest BCUT2D eigenvalue weighted by molar-refractivity contribution is 0.00660. The summed E-state index contributed by atoms with van der Waals surface area (Å²) in [4.78, 5) is 11.1. The molecule has 0 aliphatic heterocycles. The summed E-state index contributed by atoms with van der Waals surface area (Å²) < 4.78 is 9.60. The van der Waals surface area contributed by atoms with E-state index in [-0.39, 0.29) is 0 Å². The maximum Gasteiger partial charge on any atom is 0.509 e. The molecule has 15 heavy (non-hydrogen) atoms. The first-order valence-corrected chi connectivity index (χ1v) is 4.58. The normalized spacial score (nSPS) is 13.7. The second-order valence-corrected chi connectivity index (χ2v) is 3.23. The van der Waals surface area contributed by atoms with Crippen LogP contribution >= 0.6 is 0 Å². The summed E-state index contributed by atoms with van der Waals surface area (Å²) in [7, 11) is 1.27. The molecule has 0 aromatic heterocycles. The second kappa shape index (κ2) is 4.64. The van der Waals surface area contributed by atoms with E-state index in [1.807, 2.05) is 30.3 Å². The Hall–Kier alpha value is -1.77. The number of carbonyl (C=O) groups is 1. The predicted molar refractivity (Wildman–Crippen MR) is 57.5 cm³/mol. The molecule has 0 bridgehead atoms. The van der Waals surface area contributed by atoms with Crippen molar-refractivity contribution in [2.24, 2.45) is 0 Å². The van der Waals surface area contributed by atoms with E-state index in [1.165, 1.54) is 7.11 Å². The summed E-state index contributed by atoms with van der Waals surface area (Å²) in [5.41, 5.74) is -0.000602. The van der Waals surface area contributed by atoms with Crippen molar-refractivity contribution >= 4 is 6.16 Å². The summed E-state index contributed by atoms with van der Waals surface area (Å²) in [5.74, 6) is 0. The van der Waals surface area contributed by atoms with Gasteiger partial charge in [0.2, 0.25) is 0 Å². The molecule has 0 spiro atoms. The van der Waals surface area contributed by atoms with Gasteiger partial charge in [-0.15, -0.1) is 0 Å². The van der Waals surface area contributed by atoms with Crippen molar-refractivity contribution < 1.29 is 14.3 Å². The topological polar surface area (TPSA) is 35.5 Å². The van der Waals surface area contributed by atoms with Crippen LogP contribution in [-0.4, -0.2) is 13.3 Å². The Morgan fingerprint density at radius 2 is 2.00 bits per heavy atom. The number of hydrogen-bond acceptors (Lipinski definition) is 3. The van der Waals surface area contributed by atoms with Crippen LogP contribution < -0.4 is 0 Å². The first-order valence-electron chi connectivity index (χ1n) is 4.58. The Bertz CT molecular complexity index is 345. The summed E-state index contributed by atoms with van der Waals surface area (Å²) >= 11 is 0. The average Bonchev–Trinajstić information content (AvgIpc) is 2.30. The zero-order valence-electron chi connectivity index (χ0n) is 8.90. The van der Waals surface area contributed by atoms with E-state index in [0.29, 0.717) is 0 Å². The minimum absolute atomic E-state index is 0.721. The largest absolute Gasteiger partial charge is 0.509 e. The zero-order valence-corrected chi connectivity index (χ0v) is 8.90. The van der Waals surface area contributed by atoms with Gasteiger partial charge < -0.3 is 9.47 Å². The number of benzene rings is 1. The number of carbonyl (C=O) groups excluding carboxylic acids is 1. The zero-order chi connectivity index (χ0) is 11.3. The van der Waals surface area contributed by atoms with Crippen molar-refractivity contribution in [3.63, 3.8) is 0 Å². The summed E-state index contributed by atoms with van der Waals surface area (Å²) in [6, 6.07) is 9.37. The summed E-state index contributed by atoms with van der Waals surface area (Å²) in [6.07, 6.45) is 0.848. The van der Waals surface area contributed by atoms with E-state index in [9.17, 15) is 4.79 Å². The molecular formula is C12H14O3. The third kappa shape index (κ3) is 2.59. The molecular weight excluding hydrogens is 192 g/mol. The van der Waals surface area contributed by atoms with Crippen LogP contribution in [0.3, 0.4) is 0 Å². The molecule has 0 aliphatic carbocycles. The van der Waals surface area contributed by atoms with E-state index in [0.717, 1.165) is 5.56 Å². The first kappa shape index (κ1) is 11.3.